The molecule has 2 aliphatic heterocycles. The highest BCUT2D eigenvalue weighted by molar-refractivity contribution is 5.87. The number of hydrogen-bond acceptors (Lipinski definition) is 4. The molecule has 6 nitrogen and oxygen atoms in total. The third-order valence-electron chi connectivity index (χ3n) is 7.59. The van der Waals surface area contributed by atoms with Crippen LogP contribution in [0.3, 0.4) is 0 Å². The van der Waals surface area contributed by atoms with Crippen LogP contribution in [-0.4, -0.2) is 55.9 Å². The molecule has 4 rings (SSSR count). The minimum atomic E-state index is -0.527. The second kappa shape index (κ2) is 8.40. The largest absolute Gasteiger partial charge is 0.443 e. The van der Waals surface area contributed by atoms with Gasteiger partial charge in [-0.05, 0) is 86.8 Å². The molecule has 2 aromatic rings. The van der Waals surface area contributed by atoms with Gasteiger partial charge in [-0.1, -0.05) is 25.1 Å². The van der Waals surface area contributed by atoms with E-state index in [9.17, 15) is 4.79 Å². The molecular formula is C28H42N4O2. The van der Waals surface area contributed by atoms with Crippen molar-refractivity contribution in [3.8, 4) is 0 Å². The van der Waals surface area contributed by atoms with Gasteiger partial charge in [0, 0.05) is 34.8 Å². The van der Waals surface area contributed by atoms with Crippen LogP contribution in [0.15, 0.2) is 30.5 Å². The van der Waals surface area contributed by atoms with Crippen LogP contribution in [-0.2, 0) is 4.74 Å². The fraction of sp³-hybridized carbons (Fsp3) is 0.643. The maximum absolute atomic E-state index is 13.0. The number of rotatable bonds is 2. The Morgan fingerprint density at radius 3 is 2.38 bits per heavy atom. The van der Waals surface area contributed by atoms with E-state index < -0.39 is 5.60 Å². The highest BCUT2D eigenvalue weighted by atomic mass is 16.6. The number of nitrogens with zero attached hydrogens (tertiary/aromatic N) is 4. The second-order valence-electron chi connectivity index (χ2n) is 12.6. The second-order valence-corrected chi connectivity index (χ2v) is 12.6. The van der Waals surface area contributed by atoms with E-state index in [1.54, 1.807) is 4.90 Å². The molecule has 0 bridgehead atoms. The lowest BCUT2D eigenvalue weighted by Gasteiger charge is -2.53. The van der Waals surface area contributed by atoms with E-state index in [4.69, 9.17) is 9.84 Å². The van der Waals surface area contributed by atoms with E-state index in [0.29, 0.717) is 18.5 Å². The first-order valence-corrected chi connectivity index (χ1v) is 12.6. The standard InChI is InChI=1S/C28H42N4O2/c1-19-10-13-24(31(17-19)25(33)34-26(2,3)4)20-11-12-21-18-32(29-23(21)14-20)22-15-27(5,6)30(9)28(7,8)16-22/h11-14,18-19,22H,10,15-17H2,1-9H3/t19-/m0/s1. The molecule has 0 aliphatic carbocycles. The highest BCUT2D eigenvalue weighted by Gasteiger charge is 2.43. The number of carbonyl (C=O) groups excluding carboxylic acids is 1. The van der Waals surface area contributed by atoms with E-state index in [0.717, 1.165) is 41.4 Å². The van der Waals surface area contributed by atoms with Crippen molar-refractivity contribution in [2.75, 3.05) is 13.6 Å². The molecule has 1 amide bonds. The van der Waals surface area contributed by atoms with E-state index in [-0.39, 0.29) is 17.2 Å². The van der Waals surface area contributed by atoms with Crippen molar-refractivity contribution in [2.45, 2.75) is 97.4 Å². The Hall–Kier alpha value is -2.34. The molecule has 6 heteroatoms. The van der Waals surface area contributed by atoms with Gasteiger partial charge in [-0.25, -0.2) is 4.79 Å². The predicted molar refractivity (Wildman–Crippen MR) is 139 cm³/mol. The summed E-state index contributed by atoms with van der Waals surface area (Å²) in [7, 11) is 2.23. The summed E-state index contributed by atoms with van der Waals surface area (Å²) < 4.78 is 7.89. The molecule has 1 aromatic heterocycles. The lowest BCUT2D eigenvalue weighted by molar-refractivity contribution is -0.0284. The monoisotopic (exact) mass is 466 g/mol. The quantitative estimate of drug-likeness (QED) is 0.508. The maximum atomic E-state index is 13.0. The van der Waals surface area contributed by atoms with Crippen LogP contribution in [0, 0.1) is 5.92 Å². The third kappa shape index (κ3) is 4.88. The van der Waals surface area contributed by atoms with Gasteiger partial charge in [0.05, 0.1) is 17.3 Å². The molecule has 1 atom stereocenters. The number of hydrogen-bond donors (Lipinski definition) is 0. The average Bonchev–Trinajstić information content (AvgIpc) is 3.13. The minimum Gasteiger partial charge on any atom is -0.443 e. The van der Waals surface area contributed by atoms with Crippen LogP contribution >= 0.6 is 0 Å². The third-order valence-corrected chi connectivity index (χ3v) is 7.59. The van der Waals surface area contributed by atoms with E-state index in [2.05, 4.69) is 81.7 Å². The van der Waals surface area contributed by atoms with Gasteiger partial charge in [0.15, 0.2) is 0 Å². The van der Waals surface area contributed by atoms with Crippen molar-refractivity contribution >= 4 is 22.7 Å². The first-order chi connectivity index (χ1) is 15.7. The molecule has 1 aromatic carbocycles. The lowest BCUT2D eigenvalue weighted by Crippen LogP contribution is -2.58. The highest BCUT2D eigenvalue weighted by Crippen LogP contribution is 2.42. The fourth-order valence-corrected chi connectivity index (χ4v) is 5.56. The summed E-state index contributed by atoms with van der Waals surface area (Å²) in [5.74, 6) is 0.398. The summed E-state index contributed by atoms with van der Waals surface area (Å²) in [5.41, 5.74) is 2.59. The maximum Gasteiger partial charge on any atom is 0.414 e. The van der Waals surface area contributed by atoms with Gasteiger partial charge in [-0.3, -0.25) is 14.5 Å². The zero-order valence-corrected chi connectivity index (χ0v) is 22.5. The number of ether oxygens (including phenoxy) is 1. The summed E-state index contributed by atoms with van der Waals surface area (Å²) in [6.45, 7) is 17.8. The van der Waals surface area contributed by atoms with Crippen molar-refractivity contribution in [3.05, 3.63) is 36.0 Å². The van der Waals surface area contributed by atoms with E-state index >= 15 is 0 Å². The Morgan fingerprint density at radius 2 is 1.76 bits per heavy atom. The van der Waals surface area contributed by atoms with Crippen LogP contribution < -0.4 is 0 Å². The number of likely N-dealkylation sites (tertiary alicyclic amines) is 1. The van der Waals surface area contributed by atoms with Crippen molar-refractivity contribution in [1.82, 2.24) is 19.6 Å². The topological polar surface area (TPSA) is 50.6 Å². The van der Waals surface area contributed by atoms with Crippen LogP contribution in [0.1, 0.15) is 86.3 Å². The van der Waals surface area contributed by atoms with E-state index in [1.807, 2.05) is 20.8 Å². The summed E-state index contributed by atoms with van der Waals surface area (Å²) >= 11 is 0. The number of piperidine rings is 1. The number of fused-ring (bicyclic) bond motifs is 1. The molecule has 0 saturated carbocycles. The average molecular weight is 467 g/mol. The molecular weight excluding hydrogens is 424 g/mol. The number of allylic oxidation sites excluding steroid dienone is 1. The first-order valence-electron chi connectivity index (χ1n) is 12.6. The minimum absolute atomic E-state index is 0.104. The number of amides is 1. The van der Waals surface area contributed by atoms with Gasteiger partial charge in [0.1, 0.15) is 5.60 Å². The number of carbonyl (C=O) groups is 1. The summed E-state index contributed by atoms with van der Waals surface area (Å²) in [6, 6.07) is 6.71. The number of benzene rings is 1. The van der Waals surface area contributed by atoms with Crippen LogP contribution in [0.2, 0.25) is 0 Å². The van der Waals surface area contributed by atoms with Gasteiger partial charge < -0.3 is 4.74 Å². The summed E-state index contributed by atoms with van der Waals surface area (Å²) in [6.07, 6.45) is 7.13. The SMILES string of the molecule is C[C@H]1CC=C(c2ccc3cn(C4CC(C)(C)N(C)C(C)(C)C4)nc3c2)N(C(=O)OC(C)(C)C)C1. The van der Waals surface area contributed by atoms with Gasteiger partial charge in [-0.15, -0.1) is 0 Å². The molecule has 1 fully saturated rings. The Balaban J connectivity index is 1.65. The molecule has 34 heavy (non-hydrogen) atoms. The van der Waals surface area contributed by atoms with Gasteiger partial charge in [0.2, 0.25) is 0 Å². The first kappa shape index (κ1) is 24.8. The van der Waals surface area contributed by atoms with Crippen molar-refractivity contribution < 1.29 is 9.53 Å². The Labute approximate surface area is 204 Å². The van der Waals surface area contributed by atoms with Crippen molar-refractivity contribution in [3.63, 3.8) is 0 Å². The molecule has 186 valence electrons. The predicted octanol–water partition coefficient (Wildman–Crippen LogP) is 6.48. The normalized spacial score (nSPS) is 23.7. The van der Waals surface area contributed by atoms with Gasteiger partial charge >= 0.3 is 6.09 Å². The van der Waals surface area contributed by atoms with Crippen LogP contribution in [0.5, 0.6) is 0 Å². The molecule has 0 unspecified atom stereocenters. The molecule has 3 heterocycles. The van der Waals surface area contributed by atoms with Crippen LogP contribution in [0.25, 0.3) is 16.6 Å². The van der Waals surface area contributed by atoms with Gasteiger partial charge in [0.25, 0.3) is 0 Å². The lowest BCUT2D eigenvalue weighted by atomic mass is 9.77. The van der Waals surface area contributed by atoms with Crippen LogP contribution in [0.4, 0.5) is 4.79 Å². The molecule has 0 radical (unpaired) electrons. The summed E-state index contributed by atoms with van der Waals surface area (Å²) in [4.78, 5) is 17.3. The zero-order valence-electron chi connectivity index (χ0n) is 22.5. The Morgan fingerprint density at radius 1 is 1.12 bits per heavy atom. The van der Waals surface area contributed by atoms with E-state index in [1.165, 1.54) is 0 Å². The number of aromatic nitrogens is 2. The smallest absolute Gasteiger partial charge is 0.414 e. The Kier molecular flexibility index (Phi) is 6.12. The van der Waals surface area contributed by atoms with Crippen molar-refractivity contribution in [2.24, 2.45) is 5.92 Å². The Bertz CT molecular complexity index is 1090. The van der Waals surface area contributed by atoms with Crippen molar-refractivity contribution in [1.29, 1.82) is 0 Å². The zero-order chi connectivity index (χ0) is 25.1. The molecule has 0 N–H and O–H groups in total. The fourth-order valence-electron chi connectivity index (χ4n) is 5.56. The van der Waals surface area contributed by atoms with Gasteiger partial charge in [-0.2, -0.15) is 5.10 Å². The molecule has 2 aliphatic rings. The molecule has 0 spiro atoms. The summed E-state index contributed by atoms with van der Waals surface area (Å²) in [5, 5.41) is 6.16. The molecule has 1 saturated heterocycles.